The second kappa shape index (κ2) is 7.24. The Morgan fingerprint density at radius 2 is 1.83 bits per heavy atom. The van der Waals surface area contributed by atoms with Crippen LogP contribution < -0.4 is 5.32 Å². The molecule has 0 radical (unpaired) electrons. The number of hydrogen-bond donors (Lipinski definition) is 1. The van der Waals surface area contributed by atoms with Crippen molar-refractivity contribution in [2.24, 2.45) is 5.41 Å². The molecule has 0 saturated heterocycles. The normalized spacial score (nSPS) is 12.7. The minimum absolute atomic E-state index is 0.127. The van der Waals surface area contributed by atoms with Crippen LogP contribution in [0, 0.1) is 17.3 Å². The third-order valence-corrected chi connectivity index (χ3v) is 2.81. The molecule has 0 aliphatic carbocycles. The molecule has 1 rings (SSSR count). The monoisotopic (exact) mass is 243 g/mol. The number of nitrogens with one attached hydrogen (secondary N) is 1. The lowest BCUT2D eigenvalue weighted by molar-refractivity contribution is 0.530. The number of rotatable bonds is 5. The van der Waals surface area contributed by atoms with Crippen molar-refractivity contribution in [2.45, 2.75) is 46.1 Å². The van der Waals surface area contributed by atoms with Gasteiger partial charge in [0.05, 0.1) is 0 Å². The standard InChI is InChI=1S/C17H25N/c1-17(2,3)14-10-6-9-13-16(18-4)15-11-7-5-8-12-15/h5,7-8,11-12,16,18H,6,9,13H2,1-4H3. The maximum Gasteiger partial charge on any atom is 0.0317 e. The topological polar surface area (TPSA) is 12.0 Å². The zero-order valence-electron chi connectivity index (χ0n) is 12.1. The predicted octanol–water partition coefficient (Wildman–Crippen LogP) is 4.17. The molecule has 98 valence electrons. The third kappa shape index (κ3) is 5.89. The van der Waals surface area contributed by atoms with Gasteiger partial charge in [-0.05, 0) is 46.2 Å². The van der Waals surface area contributed by atoms with Crippen molar-refractivity contribution >= 4 is 0 Å². The van der Waals surface area contributed by atoms with E-state index in [1.165, 1.54) is 5.56 Å². The SMILES string of the molecule is CNC(CCCC#CC(C)(C)C)c1ccccc1. The van der Waals surface area contributed by atoms with Crippen LogP contribution in [0.1, 0.15) is 51.6 Å². The van der Waals surface area contributed by atoms with E-state index in [2.05, 4.69) is 68.3 Å². The summed E-state index contributed by atoms with van der Waals surface area (Å²) in [6, 6.07) is 11.1. The summed E-state index contributed by atoms with van der Waals surface area (Å²) in [5.41, 5.74) is 1.49. The highest BCUT2D eigenvalue weighted by Crippen LogP contribution is 2.18. The molecular weight excluding hydrogens is 218 g/mol. The first-order valence-electron chi connectivity index (χ1n) is 6.75. The molecule has 0 heterocycles. The minimum Gasteiger partial charge on any atom is -0.313 e. The molecule has 1 heteroatoms. The van der Waals surface area contributed by atoms with Crippen molar-refractivity contribution in [1.29, 1.82) is 0 Å². The Morgan fingerprint density at radius 3 is 2.39 bits per heavy atom. The quantitative estimate of drug-likeness (QED) is 0.604. The Hall–Kier alpha value is -1.26. The first kappa shape index (κ1) is 14.8. The zero-order chi connectivity index (χ0) is 13.4. The maximum atomic E-state index is 3.38. The van der Waals surface area contributed by atoms with E-state index >= 15 is 0 Å². The van der Waals surface area contributed by atoms with Crippen LogP contribution in [-0.2, 0) is 0 Å². The average molecular weight is 243 g/mol. The number of unbranched alkanes of at least 4 members (excludes halogenated alkanes) is 1. The largest absolute Gasteiger partial charge is 0.313 e. The summed E-state index contributed by atoms with van der Waals surface area (Å²) in [4.78, 5) is 0. The van der Waals surface area contributed by atoms with Crippen molar-refractivity contribution in [2.75, 3.05) is 7.05 Å². The Balaban J connectivity index is 2.39. The molecule has 0 aromatic heterocycles. The van der Waals surface area contributed by atoms with Crippen LogP contribution in [0.25, 0.3) is 0 Å². The van der Waals surface area contributed by atoms with Gasteiger partial charge in [-0.2, -0.15) is 0 Å². The molecule has 1 N–H and O–H groups in total. The molecular formula is C17H25N. The molecule has 0 bridgehead atoms. The molecule has 1 atom stereocenters. The van der Waals surface area contributed by atoms with Gasteiger partial charge >= 0.3 is 0 Å². The first-order valence-corrected chi connectivity index (χ1v) is 6.75. The van der Waals surface area contributed by atoms with E-state index in [0.717, 1.165) is 19.3 Å². The first-order chi connectivity index (χ1) is 8.53. The molecule has 0 aliphatic heterocycles. The van der Waals surface area contributed by atoms with Gasteiger partial charge in [0.1, 0.15) is 0 Å². The van der Waals surface area contributed by atoms with Gasteiger partial charge in [0.2, 0.25) is 0 Å². The van der Waals surface area contributed by atoms with Crippen LogP contribution in [-0.4, -0.2) is 7.05 Å². The number of hydrogen-bond acceptors (Lipinski definition) is 1. The fourth-order valence-corrected chi connectivity index (χ4v) is 1.89. The Kier molecular flexibility index (Phi) is 5.95. The summed E-state index contributed by atoms with van der Waals surface area (Å²) in [5.74, 6) is 6.56. The van der Waals surface area contributed by atoms with Gasteiger partial charge in [0, 0.05) is 17.9 Å². The van der Waals surface area contributed by atoms with E-state index < -0.39 is 0 Å². The predicted molar refractivity (Wildman–Crippen MR) is 79.3 cm³/mol. The van der Waals surface area contributed by atoms with Crippen molar-refractivity contribution in [3.8, 4) is 11.8 Å². The van der Waals surface area contributed by atoms with Crippen molar-refractivity contribution < 1.29 is 0 Å². The molecule has 0 aliphatic rings. The molecule has 0 amide bonds. The summed E-state index contributed by atoms with van der Waals surface area (Å²) in [6.45, 7) is 6.46. The second-order valence-corrected chi connectivity index (χ2v) is 5.70. The van der Waals surface area contributed by atoms with Crippen molar-refractivity contribution in [3.63, 3.8) is 0 Å². The van der Waals surface area contributed by atoms with Crippen molar-refractivity contribution in [3.05, 3.63) is 35.9 Å². The summed E-state index contributed by atoms with van der Waals surface area (Å²) in [6.07, 6.45) is 3.27. The minimum atomic E-state index is 0.127. The second-order valence-electron chi connectivity index (χ2n) is 5.70. The van der Waals surface area contributed by atoms with Gasteiger partial charge in [-0.15, -0.1) is 5.92 Å². The highest BCUT2D eigenvalue weighted by molar-refractivity contribution is 5.18. The van der Waals surface area contributed by atoms with Crippen LogP contribution in [0.3, 0.4) is 0 Å². The smallest absolute Gasteiger partial charge is 0.0317 e. The van der Waals surface area contributed by atoms with Crippen LogP contribution in [0.2, 0.25) is 0 Å². The fourth-order valence-electron chi connectivity index (χ4n) is 1.89. The van der Waals surface area contributed by atoms with Gasteiger partial charge in [0.15, 0.2) is 0 Å². The highest BCUT2D eigenvalue weighted by Gasteiger charge is 2.07. The Morgan fingerprint density at radius 1 is 1.17 bits per heavy atom. The van der Waals surface area contributed by atoms with E-state index in [-0.39, 0.29) is 5.41 Å². The maximum absolute atomic E-state index is 3.38. The van der Waals surface area contributed by atoms with Gasteiger partial charge in [0.25, 0.3) is 0 Å². The highest BCUT2D eigenvalue weighted by atomic mass is 14.9. The van der Waals surface area contributed by atoms with Gasteiger partial charge in [-0.3, -0.25) is 0 Å². The van der Waals surface area contributed by atoms with Crippen LogP contribution >= 0.6 is 0 Å². The van der Waals surface area contributed by atoms with Crippen LogP contribution in [0.5, 0.6) is 0 Å². The van der Waals surface area contributed by atoms with E-state index in [9.17, 15) is 0 Å². The van der Waals surface area contributed by atoms with Crippen molar-refractivity contribution in [1.82, 2.24) is 5.32 Å². The van der Waals surface area contributed by atoms with E-state index in [0.29, 0.717) is 6.04 Å². The summed E-state index contributed by atoms with van der Waals surface area (Å²) in [5, 5.41) is 3.38. The molecule has 0 fully saturated rings. The molecule has 1 aromatic rings. The van der Waals surface area contributed by atoms with E-state index in [1.807, 2.05) is 7.05 Å². The van der Waals surface area contributed by atoms with E-state index in [4.69, 9.17) is 0 Å². The molecule has 0 saturated carbocycles. The van der Waals surface area contributed by atoms with Gasteiger partial charge in [-0.25, -0.2) is 0 Å². The van der Waals surface area contributed by atoms with Crippen LogP contribution in [0.4, 0.5) is 0 Å². The lowest BCUT2D eigenvalue weighted by atomic mass is 9.97. The lowest BCUT2D eigenvalue weighted by Gasteiger charge is -2.15. The molecule has 1 unspecified atom stereocenters. The molecule has 18 heavy (non-hydrogen) atoms. The Labute approximate surface area is 112 Å². The molecule has 1 aromatic carbocycles. The van der Waals surface area contributed by atoms with Crippen LogP contribution in [0.15, 0.2) is 30.3 Å². The zero-order valence-corrected chi connectivity index (χ0v) is 12.1. The number of benzene rings is 1. The third-order valence-electron chi connectivity index (χ3n) is 2.81. The fraction of sp³-hybridized carbons (Fsp3) is 0.529. The summed E-state index contributed by atoms with van der Waals surface area (Å²) >= 11 is 0. The van der Waals surface area contributed by atoms with Gasteiger partial charge < -0.3 is 5.32 Å². The molecule has 1 nitrogen and oxygen atoms in total. The molecule has 0 spiro atoms. The average Bonchev–Trinajstić information content (AvgIpc) is 2.33. The van der Waals surface area contributed by atoms with Gasteiger partial charge in [-0.1, -0.05) is 36.3 Å². The Bertz CT molecular complexity index is 389. The lowest BCUT2D eigenvalue weighted by Crippen LogP contribution is -2.16. The summed E-state index contributed by atoms with van der Waals surface area (Å²) < 4.78 is 0. The van der Waals surface area contributed by atoms with E-state index in [1.54, 1.807) is 0 Å². The summed E-state index contributed by atoms with van der Waals surface area (Å²) in [7, 11) is 2.03.